The van der Waals surface area contributed by atoms with Crippen LogP contribution in [-0.2, 0) is 0 Å². The molecule has 0 aliphatic rings. The molecule has 16 heavy (non-hydrogen) atoms. The van der Waals surface area contributed by atoms with Gasteiger partial charge in [0.05, 0.1) is 5.52 Å². The minimum absolute atomic E-state index is 0.482. The van der Waals surface area contributed by atoms with E-state index in [0.29, 0.717) is 11.6 Å². The van der Waals surface area contributed by atoms with Crippen molar-refractivity contribution in [3.05, 3.63) is 35.0 Å². The molecule has 0 radical (unpaired) electrons. The summed E-state index contributed by atoms with van der Waals surface area (Å²) in [5.41, 5.74) is 3.94. The fraction of sp³-hybridized carbons (Fsp3) is 0.308. The van der Waals surface area contributed by atoms with Gasteiger partial charge in [0.1, 0.15) is 11.8 Å². The van der Waals surface area contributed by atoms with E-state index in [-0.39, 0.29) is 0 Å². The third-order valence-corrected chi connectivity index (χ3v) is 3.07. The molecule has 0 atom stereocenters. The van der Waals surface area contributed by atoms with Crippen molar-refractivity contribution in [3.8, 4) is 6.07 Å². The van der Waals surface area contributed by atoms with Crippen LogP contribution in [0.3, 0.4) is 0 Å². The van der Waals surface area contributed by atoms with Crippen LogP contribution < -0.4 is 5.84 Å². The van der Waals surface area contributed by atoms with Gasteiger partial charge in [-0.05, 0) is 36.1 Å². The van der Waals surface area contributed by atoms with Crippen molar-refractivity contribution in [1.29, 1.82) is 5.26 Å². The molecule has 1 aromatic heterocycles. The molecule has 0 unspecified atom stereocenters. The molecule has 0 spiro atoms. The average Bonchev–Trinajstić information content (AvgIpc) is 2.57. The molecule has 0 fully saturated rings. The lowest BCUT2D eigenvalue weighted by molar-refractivity contribution is 0.859. The topological polar surface area (TPSA) is 54.7 Å². The van der Waals surface area contributed by atoms with Gasteiger partial charge in [0.25, 0.3) is 0 Å². The minimum Gasteiger partial charge on any atom is -0.338 e. The third-order valence-electron chi connectivity index (χ3n) is 3.07. The first-order chi connectivity index (χ1) is 7.56. The largest absolute Gasteiger partial charge is 0.338 e. The number of hydrogen-bond acceptors (Lipinski definition) is 2. The smallest absolute Gasteiger partial charge is 0.140 e. The van der Waals surface area contributed by atoms with E-state index in [2.05, 4.69) is 32.9 Å². The van der Waals surface area contributed by atoms with Crippen molar-refractivity contribution in [2.75, 3.05) is 5.84 Å². The van der Waals surface area contributed by atoms with Gasteiger partial charge in [-0.15, -0.1) is 0 Å². The maximum Gasteiger partial charge on any atom is 0.140 e. The molecule has 0 amide bonds. The number of nitriles is 1. The Balaban J connectivity index is 2.82. The zero-order valence-corrected chi connectivity index (χ0v) is 9.78. The van der Waals surface area contributed by atoms with Crippen LogP contribution in [-0.4, -0.2) is 4.68 Å². The van der Waals surface area contributed by atoms with Crippen molar-refractivity contribution < 1.29 is 0 Å². The highest BCUT2D eigenvalue weighted by Crippen LogP contribution is 2.28. The standard InChI is InChI=1S/C13H15N3/c1-8(2)11-4-5-13-12(9(11)3)6-10(7-14)16(13)15/h4-6,8H,15H2,1-3H3. The first-order valence-corrected chi connectivity index (χ1v) is 5.36. The second kappa shape index (κ2) is 3.57. The summed E-state index contributed by atoms with van der Waals surface area (Å²) in [5, 5.41) is 10.0. The zero-order valence-electron chi connectivity index (χ0n) is 9.78. The van der Waals surface area contributed by atoms with Gasteiger partial charge in [-0.1, -0.05) is 19.9 Å². The molecule has 0 saturated carbocycles. The normalized spacial score (nSPS) is 10.9. The summed E-state index contributed by atoms with van der Waals surface area (Å²) in [4.78, 5) is 0. The number of nitrogens with zero attached hydrogens (tertiary/aromatic N) is 2. The van der Waals surface area contributed by atoms with Crippen molar-refractivity contribution in [1.82, 2.24) is 4.68 Å². The summed E-state index contributed by atoms with van der Waals surface area (Å²) in [6.45, 7) is 6.41. The van der Waals surface area contributed by atoms with Crippen LogP contribution in [0.15, 0.2) is 18.2 Å². The monoisotopic (exact) mass is 213 g/mol. The molecule has 0 bridgehead atoms. The van der Waals surface area contributed by atoms with E-state index in [1.807, 2.05) is 12.1 Å². The van der Waals surface area contributed by atoms with E-state index >= 15 is 0 Å². The fourth-order valence-corrected chi connectivity index (χ4v) is 2.17. The highest BCUT2D eigenvalue weighted by atomic mass is 15.3. The number of hydrogen-bond donors (Lipinski definition) is 1. The van der Waals surface area contributed by atoms with Crippen LogP contribution in [0.5, 0.6) is 0 Å². The molecule has 3 nitrogen and oxygen atoms in total. The summed E-state index contributed by atoms with van der Waals surface area (Å²) < 4.78 is 1.45. The molecule has 1 aromatic carbocycles. The van der Waals surface area contributed by atoms with Crippen molar-refractivity contribution in [2.24, 2.45) is 0 Å². The second-order valence-electron chi connectivity index (χ2n) is 4.38. The molecule has 0 saturated heterocycles. The molecule has 3 heteroatoms. The van der Waals surface area contributed by atoms with E-state index in [0.717, 1.165) is 10.9 Å². The van der Waals surface area contributed by atoms with Crippen molar-refractivity contribution >= 4 is 10.9 Å². The predicted molar refractivity (Wildman–Crippen MR) is 65.6 cm³/mol. The number of aryl methyl sites for hydroxylation is 1. The lowest BCUT2D eigenvalue weighted by atomic mass is 9.95. The van der Waals surface area contributed by atoms with E-state index in [9.17, 15) is 0 Å². The first kappa shape index (κ1) is 10.6. The Morgan fingerprint density at radius 2 is 2.06 bits per heavy atom. The van der Waals surface area contributed by atoms with E-state index < -0.39 is 0 Å². The van der Waals surface area contributed by atoms with Crippen molar-refractivity contribution in [2.45, 2.75) is 26.7 Å². The average molecular weight is 213 g/mol. The number of aromatic nitrogens is 1. The Labute approximate surface area is 95.1 Å². The zero-order chi connectivity index (χ0) is 11.9. The highest BCUT2D eigenvalue weighted by Gasteiger charge is 2.12. The second-order valence-corrected chi connectivity index (χ2v) is 4.38. The van der Waals surface area contributed by atoms with Gasteiger partial charge in [0, 0.05) is 5.39 Å². The molecular formula is C13H15N3. The summed E-state index contributed by atoms with van der Waals surface area (Å²) in [6, 6.07) is 8.03. The number of rotatable bonds is 1. The van der Waals surface area contributed by atoms with Gasteiger partial charge in [0.2, 0.25) is 0 Å². The Morgan fingerprint density at radius 1 is 1.38 bits per heavy atom. The van der Waals surface area contributed by atoms with E-state index in [4.69, 9.17) is 11.1 Å². The van der Waals surface area contributed by atoms with Gasteiger partial charge >= 0.3 is 0 Å². The Bertz CT molecular complexity index is 585. The summed E-state index contributed by atoms with van der Waals surface area (Å²) in [5.74, 6) is 6.32. The van der Waals surface area contributed by atoms with Crippen LogP contribution in [0.1, 0.15) is 36.6 Å². The molecule has 2 rings (SSSR count). The number of nitrogens with two attached hydrogens (primary N) is 1. The number of benzene rings is 1. The van der Waals surface area contributed by atoms with Crippen molar-refractivity contribution in [3.63, 3.8) is 0 Å². The lowest BCUT2D eigenvalue weighted by Gasteiger charge is -2.10. The number of fused-ring (bicyclic) bond motifs is 1. The van der Waals surface area contributed by atoms with Crippen LogP contribution in [0.4, 0.5) is 0 Å². The highest BCUT2D eigenvalue weighted by molar-refractivity contribution is 5.86. The summed E-state index contributed by atoms with van der Waals surface area (Å²) in [6.07, 6.45) is 0. The molecule has 82 valence electrons. The Hall–Kier alpha value is -1.95. The predicted octanol–water partition coefficient (Wildman–Crippen LogP) is 2.66. The molecule has 0 aliphatic carbocycles. The minimum atomic E-state index is 0.482. The first-order valence-electron chi connectivity index (χ1n) is 5.36. The summed E-state index contributed by atoms with van der Waals surface area (Å²) >= 11 is 0. The van der Waals surface area contributed by atoms with Crippen LogP contribution in [0.2, 0.25) is 0 Å². The van der Waals surface area contributed by atoms with E-state index in [1.165, 1.54) is 15.8 Å². The van der Waals surface area contributed by atoms with Gasteiger partial charge in [0.15, 0.2) is 0 Å². The SMILES string of the molecule is Cc1c(C(C)C)ccc2c1cc(C#N)n2N. The molecule has 0 aliphatic heterocycles. The maximum absolute atomic E-state index is 8.94. The van der Waals surface area contributed by atoms with Gasteiger partial charge in [-0.3, -0.25) is 4.68 Å². The molecule has 1 heterocycles. The summed E-state index contributed by atoms with van der Waals surface area (Å²) in [7, 11) is 0. The third kappa shape index (κ3) is 1.35. The number of nitrogen functional groups attached to an aromatic ring is 1. The van der Waals surface area contributed by atoms with Gasteiger partial charge < -0.3 is 5.84 Å². The maximum atomic E-state index is 8.94. The molecule has 2 N–H and O–H groups in total. The molecule has 2 aromatic rings. The van der Waals surface area contributed by atoms with Crippen LogP contribution >= 0.6 is 0 Å². The van der Waals surface area contributed by atoms with Crippen LogP contribution in [0, 0.1) is 18.3 Å². The van der Waals surface area contributed by atoms with Crippen LogP contribution in [0.25, 0.3) is 10.9 Å². The molecular weight excluding hydrogens is 198 g/mol. The fourth-order valence-electron chi connectivity index (χ4n) is 2.17. The van der Waals surface area contributed by atoms with E-state index in [1.54, 1.807) is 0 Å². The van der Waals surface area contributed by atoms with Gasteiger partial charge in [-0.25, -0.2) is 0 Å². The Kier molecular flexibility index (Phi) is 2.35. The quantitative estimate of drug-likeness (QED) is 0.740. The lowest BCUT2D eigenvalue weighted by Crippen LogP contribution is -2.09. The Morgan fingerprint density at radius 3 is 2.62 bits per heavy atom. The van der Waals surface area contributed by atoms with Gasteiger partial charge in [-0.2, -0.15) is 5.26 Å².